The molecule has 0 heterocycles. The van der Waals surface area contributed by atoms with Crippen molar-refractivity contribution in [3.63, 3.8) is 0 Å². The first-order valence-corrected chi connectivity index (χ1v) is 6.26. The highest BCUT2D eigenvalue weighted by Gasteiger charge is 2.29. The predicted molar refractivity (Wildman–Crippen MR) is 70.6 cm³/mol. The van der Waals surface area contributed by atoms with Crippen LogP contribution in [-0.4, -0.2) is 44.3 Å². The number of ether oxygens (including phenoxy) is 1. The van der Waals surface area contributed by atoms with Crippen LogP contribution in [-0.2, 0) is 4.74 Å². The molecule has 1 unspecified atom stereocenters. The van der Waals surface area contributed by atoms with Crippen molar-refractivity contribution in [3.05, 3.63) is 0 Å². The minimum Gasteiger partial charge on any atom is -0.383 e. The summed E-state index contributed by atoms with van der Waals surface area (Å²) >= 11 is 0. The Balaban J connectivity index is 4.55. The SMILES string of the molecule is COCCN(CC(C)C)C(CN)C(C)(C)C. The topological polar surface area (TPSA) is 38.5 Å². The molecule has 0 fully saturated rings. The molecule has 3 nitrogen and oxygen atoms in total. The van der Waals surface area contributed by atoms with Gasteiger partial charge in [-0.2, -0.15) is 0 Å². The van der Waals surface area contributed by atoms with Crippen LogP contribution in [0.3, 0.4) is 0 Å². The smallest absolute Gasteiger partial charge is 0.0589 e. The van der Waals surface area contributed by atoms with Crippen molar-refractivity contribution in [1.82, 2.24) is 4.90 Å². The molecule has 0 aliphatic carbocycles. The van der Waals surface area contributed by atoms with Crippen molar-refractivity contribution in [1.29, 1.82) is 0 Å². The Bertz CT molecular complexity index is 175. The van der Waals surface area contributed by atoms with Crippen LogP contribution >= 0.6 is 0 Å². The van der Waals surface area contributed by atoms with Crippen LogP contribution < -0.4 is 5.73 Å². The molecule has 98 valence electrons. The number of methoxy groups -OCH3 is 1. The Hall–Kier alpha value is -0.120. The second-order valence-corrected chi connectivity index (χ2v) is 6.00. The molecule has 0 aromatic heterocycles. The molecule has 16 heavy (non-hydrogen) atoms. The third-order valence-corrected chi connectivity index (χ3v) is 2.85. The Labute approximate surface area is 101 Å². The minimum atomic E-state index is 0.220. The Morgan fingerprint density at radius 1 is 1.25 bits per heavy atom. The van der Waals surface area contributed by atoms with Crippen LogP contribution in [0, 0.1) is 11.3 Å². The van der Waals surface area contributed by atoms with E-state index in [1.54, 1.807) is 7.11 Å². The van der Waals surface area contributed by atoms with E-state index >= 15 is 0 Å². The van der Waals surface area contributed by atoms with Crippen LogP contribution in [0.5, 0.6) is 0 Å². The van der Waals surface area contributed by atoms with E-state index in [4.69, 9.17) is 10.5 Å². The van der Waals surface area contributed by atoms with Gasteiger partial charge in [0.15, 0.2) is 0 Å². The van der Waals surface area contributed by atoms with E-state index in [2.05, 4.69) is 39.5 Å². The lowest BCUT2D eigenvalue weighted by Gasteiger charge is -2.40. The third-order valence-electron chi connectivity index (χ3n) is 2.85. The number of hydrogen-bond acceptors (Lipinski definition) is 3. The van der Waals surface area contributed by atoms with Gasteiger partial charge < -0.3 is 10.5 Å². The molecule has 0 aliphatic heterocycles. The largest absolute Gasteiger partial charge is 0.383 e. The van der Waals surface area contributed by atoms with Gasteiger partial charge in [-0.25, -0.2) is 0 Å². The Morgan fingerprint density at radius 2 is 1.81 bits per heavy atom. The fourth-order valence-corrected chi connectivity index (χ4v) is 2.10. The van der Waals surface area contributed by atoms with E-state index < -0.39 is 0 Å². The average Bonchev–Trinajstić information content (AvgIpc) is 2.11. The molecule has 0 saturated heterocycles. The number of hydrogen-bond donors (Lipinski definition) is 1. The van der Waals surface area contributed by atoms with Gasteiger partial charge in [0.1, 0.15) is 0 Å². The zero-order valence-corrected chi connectivity index (χ0v) is 11.9. The molecule has 0 aliphatic rings. The van der Waals surface area contributed by atoms with Crippen LogP contribution in [0.4, 0.5) is 0 Å². The van der Waals surface area contributed by atoms with Gasteiger partial charge in [-0.3, -0.25) is 4.90 Å². The fourth-order valence-electron chi connectivity index (χ4n) is 2.10. The molecule has 0 saturated carbocycles. The molecule has 3 heteroatoms. The van der Waals surface area contributed by atoms with Crippen molar-refractivity contribution in [3.8, 4) is 0 Å². The Morgan fingerprint density at radius 3 is 2.12 bits per heavy atom. The maximum Gasteiger partial charge on any atom is 0.0589 e. The zero-order valence-electron chi connectivity index (χ0n) is 11.9. The van der Waals surface area contributed by atoms with Crippen molar-refractivity contribution in [2.45, 2.75) is 40.7 Å². The molecule has 1 atom stereocenters. The van der Waals surface area contributed by atoms with Crippen LogP contribution in [0.1, 0.15) is 34.6 Å². The predicted octanol–water partition coefficient (Wildman–Crippen LogP) is 1.96. The first kappa shape index (κ1) is 15.9. The molecule has 0 aromatic carbocycles. The number of nitrogens with zero attached hydrogens (tertiary/aromatic N) is 1. The number of nitrogens with two attached hydrogens (primary N) is 1. The summed E-state index contributed by atoms with van der Waals surface area (Å²) in [5, 5.41) is 0. The standard InChI is InChI=1S/C13H30N2O/c1-11(2)10-15(7-8-16-6)12(9-14)13(3,4)5/h11-12H,7-10,14H2,1-6H3. The van der Waals surface area contributed by atoms with Gasteiger partial charge in [0.05, 0.1) is 6.61 Å². The van der Waals surface area contributed by atoms with Crippen LogP contribution in [0.25, 0.3) is 0 Å². The minimum absolute atomic E-state index is 0.220. The monoisotopic (exact) mass is 230 g/mol. The Kier molecular flexibility index (Phi) is 7.20. The van der Waals surface area contributed by atoms with Crippen LogP contribution in [0.2, 0.25) is 0 Å². The molecule has 0 amide bonds. The lowest BCUT2D eigenvalue weighted by molar-refractivity contribution is 0.0627. The normalized spacial score (nSPS) is 14.8. The van der Waals surface area contributed by atoms with Gasteiger partial charge in [0.25, 0.3) is 0 Å². The summed E-state index contributed by atoms with van der Waals surface area (Å²) in [5.74, 6) is 0.660. The summed E-state index contributed by atoms with van der Waals surface area (Å²) in [6, 6.07) is 0.421. The van der Waals surface area contributed by atoms with E-state index in [9.17, 15) is 0 Å². The van der Waals surface area contributed by atoms with E-state index in [0.29, 0.717) is 18.5 Å². The maximum atomic E-state index is 5.92. The van der Waals surface area contributed by atoms with Gasteiger partial charge in [-0.1, -0.05) is 34.6 Å². The highest BCUT2D eigenvalue weighted by atomic mass is 16.5. The molecule has 0 bridgehead atoms. The summed E-state index contributed by atoms with van der Waals surface area (Å²) in [7, 11) is 1.75. The maximum absolute atomic E-state index is 5.92. The third kappa shape index (κ3) is 5.83. The average molecular weight is 230 g/mol. The van der Waals surface area contributed by atoms with Crippen molar-refractivity contribution in [2.75, 3.05) is 33.4 Å². The quantitative estimate of drug-likeness (QED) is 0.726. The van der Waals surface area contributed by atoms with Crippen LogP contribution in [0.15, 0.2) is 0 Å². The lowest BCUT2D eigenvalue weighted by atomic mass is 9.85. The summed E-state index contributed by atoms with van der Waals surface area (Å²) in [6.45, 7) is 14.8. The fraction of sp³-hybridized carbons (Fsp3) is 1.00. The van der Waals surface area contributed by atoms with Crippen molar-refractivity contribution < 1.29 is 4.74 Å². The summed E-state index contributed by atoms with van der Waals surface area (Å²) in [4.78, 5) is 2.47. The zero-order chi connectivity index (χ0) is 12.8. The van der Waals surface area contributed by atoms with Gasteiger partial charge in [0.2, 0.25) is 0 Å². The lowest BCUT2D eigenvalue weighted by Crippen LogP contribution is -2.51. The second-order valence-electron chi connectivity index (χ2n) is 6.00. The highest BCUT2D eigenvalue weighted by Crippen LogP contribution is 2.24. The van der Waals surface area contributed by atoms with Crippen molar-refractivity contribution in [2.24, 2.45) is 17.1 Å². The number of rotatable bonds is 7. The second kappa shape index (κ2) is 7.25. The molecule has 0 spiro atoms. The summed E-state index contributed by atoms with van der Waals surface area (Å²) in [6.07, 6.45) is 0. The molecular weight excluding hydrogens is 200 g/mol. The summed E-state index contributed by atoms with van der Waals surface area (Å²) < 4.78 is 5.18. The van der Waals surface area contributed by atoms with Crippen molar-refractivity contribution >= 4 is 0 Å². The summed E-state index contributed by atoms with van der Waals surface area (Å²) in [5.41, 5.74) is 6.14. The van der Waals surface area contributed by atoms with Gasteiger partial charge in [-0.05, 0) is 11.3 Å². The first-order chi connectivity index (χ1) is 7.32. The molecule has 0 rings (SSSR count). The van der Waals surface area contributed by atoms with E-state index in [-0.39, 0.29) is 5.41 Å². The highest BCUT2D eigenvalue weighted by molar-refractivity contribution is 4.84. The molecule has 0 aromatic rings. The van der Waals surface area contributed by atoms with Gasteiger partial charge in [-0.15, -0.1) is 0 Å². The van der Waals surface area contributed by atoms with Gasteiger partial charge in [0, 0.05) is 32.8 Å². The first-order valence-electron chi connectivity index (χ1n) is 6.26. The molecule has 0 radical (unpaired) electrons. The van der Waals surface area contributed by atoms with E-state index in [1.165, 1.54) is 0 Å². The molecule has 2 N–H and O–H groups in total. The van der Waals surface area contributed by atoms with E-state index in [0.717, 1.165) is 19.7 Å². The van der Waals surface area contributed by atoms with E-state index in [1.807, 2.05) is 0 Å². The molecular formula is C13H30N2O. The van der Waals surface area contributed by atoms with Gasteiger partial charge >= 0.3 is 0 Å².